The summed E-state index contributed by atoms with van der Waals surface area (Å²) in [6, 6.07) is 6.06. The number of fused-ring (bicyclic) bond motifs is 1. The van der Waals surface area contributed by atoms with E-state index in [4.69, 9.17) is 14.6 Å². The molecule has 1 heterocycles. The maximum Gasteiger partial charge on any atom is 0.231 e. The Morgan fingerprint density at radius 3 is 2.80 bits per heavy atom. The number of hydrogen-bond acceptors (Lipinski definition) is 4. The third-order valence-electron chi connectivity index (χ3n) is 4.23. The third kappa shape index (κ3) is 6.46. The number of hydrogen-bond donors (Lipinski definition) is 3. The first-order valence-corrected chi connectivity index (χ1v) is 9.28. The molecule has 1 aliphatic rings. The van der Waals surface area contributed by atoms with Crippen LogP contribution in [0.2, 0.25) is 0 Å². The Kier molecular flexibility index (Phi) is 8.39. The lowest BCUT2D eigenvalue weighted by molar-refractivity contribution is 0.174. The predicted octanol–water partition coefficient (Wildman–Crippen LogP) is 2.31. The zero-order valence-corrected chi connectivity index (χ0v) is 15.4. The molecule has 0 fully saturated rings. The predicted molar refractivity (Wildman–Crippen MR) is 100 cm³/mol. The third-order valence-corrected chi connectivity index (χ3v) is 4.23. The summed E-state index contributed by atoms with van der Waals surface area (Å²) in [6.07, 6.45) is 3.92. The van der Waals surface area contributed by atoms with Gasteiger partial charge < -0.3 is 25.2 Å². The highest BCUT2D eigenvalue weighted by molar-refractivity contribution is 5.79. The van der Waals surface area contributed by atoms with Gasteiger partial charge in [-0.05, 0) is 49.8 Å². The monoisotopic (exact) mass is 349 g/mol. The van der Waals surface area contributed by atoms with E-state index in [0.29, 0.717) is 12.7 Å². The number of aliphatic imine (C=N–C) groups is 1. The molecule has 0 saturated heterocycles. The van der Waals surface area contributed by atoms with Gasteiger partial charge in [-0.25, -0.2) is 0 Å². The minimum atomic E-state index is 0.230. The van der Waals surface area contributed by atoms with Crippen molar-refractivity contribution < 1.29 is 14.6 Å². The van der Waals surface area contributed by atoms with Crippen LogP contribution in [0.5, 0.6) is 11.5 Å². The molecular formula is C19H31N3O3. The van der Waals surface area contributed by atoms with E-state index in [2.05, 4.69) is 35.5 Å². The van der Waals surface area contributed by atoms with Gasteiger partial charge in [0.2, 0.25) is 6.79 Å². The van der Waals surface area contributed by atoms with Crippen LogP contribution in [0.25, 0.3) is 0 Å². The highest BCUT2D eigenvalue weighted by Crippen LogP contribution is 2.32. The second-order valence-electron chi connectivity index (χ2n) is 6.25. The van der Waals surface area contributed by atoms with Gasteiger partial charge in [-0.1, -0.05) is 19.4 Å². The molecule has 0 bridgehead atoms. The Labute approximate surface area is 150 Å². The quantitative estimate of drug-likeness (QED) is 0.446. The van der Waals surface area contributed by atoms with Crippen LogP contribution in [-0.4, -0.2) is 44.1 Å². The average molecular weight is 349 g/mol. The van der Waals surface area contributed by atoms with Crippen LogP contribution >= 0.6 is 0 Å². The molecular weight excluding hydrogens is 318 g/mol. The summed E-state index contributed by atoms with van der Waals surface area (Å²) in [7, 11) is 0. The molecule has 1 aromatic rings. The fourth-order valence-corrected chi connectivity index (χ4v) is 2.90. The zero-order valence-electron chi connectivity index (χ0n) is 15.4. The molecule has 0 amide bonds. The molecule has 6 nitrogen and oxygen atoms in total. The normalized spacial score (nSPS) is 14.4. The number of aliphatic hydroxyl groups is 1. The molecule has 0 saturated carbocycles. The maximum absolute atomic E-state index is 9.17. The van der Waals surface area contributed by atoms with Crippen molar-refractivity contribution in [1.82, 2.24) is 10.6 Å². The van der Waals surface area contributed by atoms with Gasteiger partial charge in [-0.2, -0.15) is 0 Å². The van der Waals surface area contributed by atoms with Crippen molar-refractivity contribution in [3.8, 4) is 11.5 Å². The van der Waals surface area contributed by atoms with E-state index in [9.17, 15) is 0 Å². The topological polar surface area (TPSA) is 75.1 Å². The first-order chi connectivity index (χ1) is 12.3. The molecule has 1 aromatic carbocycles. The zero-order chi connectivity index (χ0) is 17.9. The van der Waals surface area contributed by atoms with E-state index in [0.717, 1.165) is 62.8 Å². The first-order valence-electron chi connectivity index (χ1n) is 9.28. The van der Waals surface area contributed by atoms with E-state index in [1.807, 2.05) is 12.1 Å². The number of nitrogens with one attached hydrogen (secondary N) is 2. The number of rotatable bonds is 10. The molecule has 0 aliphatic carbocycles. The summed E-state index contributed by atoms with van der Waals surface area (Å²) >= 11 is 0. The van der Waals surface area contributed by atoms with Crippen molar-refractivity contribution in [1.29, 1.82) is 0 Å². The molecule has 3 N–H and O–H groups in total. The van der Waals surface area contributed by atoms with Gasteiger partial charge in [0.25, 0.3) is 0 Å². The van der Waals surface area contributed by atoms with Crippen LogP contribution in [0.4, 0.5) is 0 Å². The molecule has 1 atom stereocenters. The molecule has 1 unspecified atom stereocenters. The van der Waals surface area contributed by atoms with Gasteiger partial charge in [0.1, 0.15) is 0 Å². The molecule has 0 spiro atoms. The van der Waals surface area contributed by atoms with E-state index >= 15 is 0 Å². The van der Waals surface area contributed by atoms with Crippen LogP contribution in [-0.2, 0) is 6.42 Å². The Hall–Kier alpha value is -1.95. The van der Waals surface area contributed by atoms with Gasteiger partial charge in [0.15, 0.2) is 17.5 Å². The summed E-state index contributed by atoms with van der Waals surface area (Å²) in [5, 5.41) is 15.8. The van der Waals surface area contributed by atoms with E-state index < -0.39 is 0 Å². The first kappa shape index (κ1) is 19.4. The van der Waals surface area contributed by atoms with Crippen molar-refractivity contribution in [3.63, 3.8) is 0 Å². The van der Waals surface area contributed by atoms with Gasteiger partial charge >= 0.3 is 0 Å². The van der Waals surface area contributed by atoms with E-state index in [-0.39, 0.29) is 6.61 Å². The van der Waals surface area contributed by atoms with Gasteiger partial charge in [-0.15, -0.1) is 0 Å². The summed E-state index contributed by atoms with van der Waals surface area (Å²) in [5.41, 5.74) is 1.21. The average Bonchev–Trinajstić information content (AvgIpc) is 3.07. The number of nitrogens with zero attached hydrogens (tertiary/aromatic N) is 1. The molecule has 25 heavy (non-hydrogen) atoms. The number of aliphatic hydroxyl groups excluding tert-OH is 1. The molecule has 0 radical (unpaired) electrons. The minimum Gasteiger partial charge on any atom is -0.454 e. The van der Waals surface area contributed by atoms with Crippen molar-refractivity contribution in [2.75, 3.05) is 33.0 Å². The second-order valence-corrected chi connectivity index (χ2v) is 6.25. The van der Waals surface area contributed by atoms with Gasteiger partial charge in [0.05, 0.1) is 0 Å². The summed E-state index contributed by atoms with van der Waals surface area (Å²) in [4.78, 5) is 4.68. The minimum absolute atomic E-state index is 0.230. The van der Waals surface area contributed by atoms with Crippen molar-refractivity contribution in [3.05, 3.63) is 23.8 Å². The van der Waals surface area contributed by atoms with Crippen LogP contribution in [0.1, 0.15) is 38.7 Å². The standard InChI is InChI=1S/C19H31N3O3/c1-3-5-16(9-11-23)13-22-19(20-4-2)21-10-8-15-6-7-17-18(12-15)25-14-24-17/h6-7,12,16,23H,3-5,8-11,13-14H2,1-2H3,(H2,20,21,22). The Morgan fingerprint density at radius 2 is 2.04 bits per heavy atom. The molecule has 2 rings (SSSR count). The van der Waals surface area contributed by atoms with Crippen LogP contribution in [0, 0.1) is 5.92 Å². The summed E-state index contributed by atoms with van der Waals surface area (Å²) in [6.45, 7) is 7.14. The SMILES string of the molecule is CCCC(CCO)CN=C(NCC)NCCc1ccc2c(c1)OCO2. The van der Waals surface area contributed by atoms with Crippen LogP contribution in [0.3, 0.4) is 0 Å². The summed E-state index contributed by atoms with van der Waals surface area (Å²) < 4.78 is 10.8. The number of benzene rings is 1. The van der Waals surface area contributed by atoms with Crippen LogP contribution in [0.15, 0.2) is 23.2 Å². The lowest BCUT2D eigenvalue weighted by Gasteiger charge is -2.15. The van der Waals surface area contributed by atoms with Crippen molar-refractivity contribution in [2.45, 2.75) is 39.5 Å². The van der Waals surface area contributed by atoms with Gasteiger partial charge in [0, 0.05) is 26.2 Å². The number of ether oxygens (including phenoxy) is 2. The Bertz CT molecular complexity index is 543. The van der Waals surface area contributed by atoms with Gasteiger partial charge in [-0.3, -0.25) is 4.99 Å². The molecule has 6 heteroatoms. The highest BCUT2D eigenvalue weighted by Gasteiger charge is 2.13. The smallest absolute Gasteiger partial charge is 0.231 e. The highest BCUT2D eigenvalue weighted by atomic mass is 16.7. The summed E-state index contributed by atoms with van der Waals surface area (Å²) in [5.74, 6) is 2.92. The fourth-order valence-electron chi connectivity index (χ4n) is 2.90. The van der Waals surface area contributed by atoms with E-state index in [1.165, 1.54) is 5.56 Å². The molecule has 1 aliphatic heterocycles. The number of guanidine groups is 1. The molecule has 140 valence electrons. The Morgan fingerprint density at radius 1 is 1.20 bits per heavy atom. The lowest BCUT2D eigenvalue weighted by Crippen LogP contribution is -2.38. The second kappa shape index (κ2) is 10.8. The molecule has 0 aromatic heterocycles. The largest absolute Gasteiger partial charge is 0.454 e. The van der Waals surface area contributed by atoms with E-state index in [1.54, 1.807) is 0 Å². The van der Waals surface area contributed by atoms with Crippen LogP contribution < -0.4 is 20.1 Å². The Balaban J connectivity index is 1.82. The lowest BCUT2D eigenvalue weighted by atomic mass is 10.0. The van der Waals surface area contributed by atoms with Crippen molar-refractivity contribution in [2.24, 2.45) is 10.9 Å². The maximum atomic E-state index is 9.17. The van der Waals surface area contributed by atoms with Crippen molar-refractivity contribution >= 4 is 5.96 Å². The fraction of sp³-hybridized carbons (Fsp3) is 0.632.